The third-order valence-electron chi connectivity index (χ3n) is 4.13. The standard InChI is InChI=1S/C15H18FN/c16-9-11-5-7-12(8-6-11)14-10-17-15-4-2-1-3-13(14)15/h1-4,10-12,17H,5-9H2. The maximum atomic E-state index is 12.6. The first-order valence-electron chi connectivity index (χ1n) is 6.50. The molecule has 1 aromatic carbocycles. The van der Waals surface area contributed by atoms with Crippen molar-refractivity contribution in [1.29, 1.82) is 0 Å². The fraction of sp³-hybridized carbons (Fsp3) is 0.467. The van der Waals surface area contributed by atoms with Crippen molar-refractivity contribution in [3.05, 3.63) is 36.0 Å². The highest BCUT2D eigenvalue weighted by atomic mass is 19.1. The predicted molar refractivity (Wildman–Crippen MR) is 69.0 cm³/mol. The van der Waals surface area contributed by atoms with Crippen LogP contribution in [-0.2, 0) is 0 Å². The quantitative estimate of drug-likeness (QED) is 0.788. The minimum absolute atomic E-state index is 0.138. The number of fused-ring (bicyclic) bond motifs is 1. The zero-order chi connectivity index (χ0) is 11.7. The first-order chi connectivity index (χ1) is 8.38. The van der Waals surface area contributed by atoms with Crippen LogP contribution in [0.25, 0.3) is 10.9 Å². The van der Waals surface area contributed by atoms with Crippen molar-refractivity contribution in [1.82, 2.24) is 4.98 Å². The molecule has 1 aliphatic rings. The molecule has 0 atom stereocenters. The number of rotatable bonds is 2. The number of hydrogen-bond acceptors (Lipinski definition) is 0. The molecular formula is C15H18FN. The van der Waals surface area contributed by atoms with Crippen LogP contribution in [0.2, 0.25) is 0 Å². The number of H-pyrrole nitrogens is 1. The molecule has 0 aliphatic heterocycles. The average Bonchev–Trinajstić information content (AvgIpc) is 2.83. The lowest BCUT2D eigenvalue weighted by atomic mass is 9.79. The van der Waals surface area contributed by atoms with Crippen LogP contribution in [0.3, 0.4) is 0 Å². The van der Waals surface area contributed by atoms with Crippen LogP contribution < -0.4 is 0 Å². The fourth-order valence-corrected chi connectivity index (χ4v) is 3.06. The number of halogens is 1. The Morgan fingerprint density at radius 2 is 1.88 bits per heavy atom. The summed E-state index contributed by atoms with van der Waals surface area (Å²) in [5, 5.41) is 1.34. The molecule has 1 N–H and O–H groups in total. The van der Waals surface area contributed by atoms with Crippen molar-refractivity contribution in [2.75, 3.05) is 6.67 Å². The highest BCUT2D eigenvalue weighted by Gasteiger charge is 2.23. The lowest BCUT2D eigenvalue weighted by Gasteiger charge is -2.26. The summed E-state index contributed by atoms with van der Waals surface area (Å²) in [6.07, 6.45) is 6.50. The molecule has 1 heterocycles. The van der Waals surface area contributed by atoms with Gasteiger partial charge >= 0.3 is 0 Å². The Balaban J connectivity index is 1.85. The van der Waals surface area contributed by atoms with E-state index in [2.05, 4.69) is 35.4 Å². The van der Waals surface area contributed by atoms with Gasteiger partial charge in [0.1, 0.15) is 0 Å². The minimum Gasteiger partial charge on any atom is -0.361 e. The third kappa shape index (κ3) is 1.97. The number of hydrogen-bond donors (Lipinski definition) is 1. The maximum Gasteiger partial charge on any atom is 0.0922 e. The summed E-state index contributed by atoms with van der Waals surface area (Å²) in [4.78, 5) is 3.34. The predicted octanol–water partition coefficient (Wildman–Crippen LogP) is 4.41. The highest BCUT2D eigenvalue weighted by Crippen LogP contribution is 2.38. The molecule has 3 rings (SSSR count). The van der Waals surface area contributed by atoms with Crippen LogP contribution in [0.15, 0.2) is 30.5 Å². The van der Waals surface area contributed by atoms with E-state index in [1.165, 1.54) is 16.5 Å². The minimum atomic E-state index is -0.138. The van der Waals surface area contributed by atoms with Crippen LogP contribution >= 0.6 is 0 Å². The molecule has 0 saturated heterocycles. The Morgan fingerprint density at radius 1 is 1.12 bits per heavy atom. The van der Waals surface area contributed by atoms with E-state index in [1.807, 2.05) is 0 Å². The number of aromatic nitrogens is 1. The van der Waals surface area contributed by atoms with E-state index >= 15 is 0 Å². The molecule has 90 valence electrons. The van der Waals surface area contributed by atoms with Gasteiger partial charge in [0.25, 0.3) is 0 Å². The maximum absolute atomic E-state index is 12.6. The van der Waals surface area contributed by atoms with Gasteiger partial charge in [-0.15, -0.1) is 0 Å². The van der Waals surface area contributed by atoms with Crippen LogP contribution in [-0.4, -0.2) is 11.7 Å². The van der Waals surface area contributed by atoms with Gasteiger partial charge in [0.15, 0.2) is 0 Å². The molecule has 0 amide bonds. The van der Waals surface area contributed by atoms with E-state index < -0.39 is 0 Å². The second kappa shape index (κ2) is 4.52. The lowest BCUT2D eigenvalue weighted by Crippen LogP contribution is -2.14. The van der Waals surface area contributed by atoms with Crippen molar-refractivity contribution >= 4 is 10.9 Å². The first kappa shape index (κ1) is 10.8. The van der Waals surface area contributed by atoms with Gasteiger partial charge in [0.2, 0.25) is 0 Å². The van der Waals surface area contributed by atoms with Gasteiger partial charge in [-0.3, -0.25) is 4.39 Å². The SMILES string of the molecule is FCC1CCC(c2c[nH]c3ccccc23)CC1. The van der Waals surface area contributed by atoms with Crippen LogP contribution in [0.5, 0.6) is 0 Å². The summed E-state index contributed by atoms with van der Waals surface area (Å²) in [6.45, 7) is -0.138. The summed E-state index contributed by atoms with van der Waals surface area (Å²) in [5.41, 5.74) is 2.65. The summed E-state index contributed by atoms with van der Waals surface area (Å²) in [7, 11) is 0. The normalized spacial score (nSPS) is 25.2. The number of nitrogens with one attached hydrogen (secondary N) is 1. The lowest BCUT2D eigenvalue weighted by molar-refractivity contribution is 0.264. The summed E-state index contributed by atoms with van der Waals surface area (Å²) in [5.74, 6) is 0.936. The smallest absolute Gasteiger partial charge is 0.0922 e. The van der Waals surface area contributed by atoms with Crippen molar-refractivity contribution in [2.45, 2.75) is 31.6 Å². The molecule has 1 aromatic heterocycles. The monoisotopic (exact) mass is 231 g/mol. The third-order valence-corrected chi connectivity index (χ3v) is 4.13. The van der Waals surface area contributed by atoms with Crippen LogP contribution in [0.1, 0.15) is 37.2 Å². The molecule has 1 fully saturated rings. The Hall–Kier alpha value is -1.31. The van der Waals surface area contributed by atoms with Gasteiger partial charge in [0, 0.05) is 17.1 Å². The molecule has 17 heavy (non-hydrogen) atoms. The van der Waals surface area contributed by atoms with Crippen LogP contribution in [0, 0.1) is 5.92 Å². The summed E-state index contributed by atoms with van der Waals surface area (Å²) < 4.78 is 12.6. The van der Waals surface area contributed by atoms with Crippen LogP contribution in [0.4, 0.5) is 4.39 Å². The van der Waals surface area contributed by atoms with Gasteiger partial charge in [-0.1, -0.05) is 18.2 Å². The van der Waals surface area contributed by atoms with E-state index in [9.17, 15) is 4.39 Å². The van der Waals surface area contributed by atoms with Gasteiger partial charge < -0.3 is 4.98 Å². The Kier molecular flexibility index (Phi) is 2.87. The molecule has 0 bridgehead atoms. The van der Waals surface area contributed by atoms with E-state index in [4.69, 9.17) is 0 Å². The first-order valence-corrected chi connectivity index (χ1v) is 6.50. The van der Waals surface area contributed by atoms with Crippen molar-refractivity contribution in [2.24, 2.45) is 5.92 Å². The van der Waals surface area contributed by atoms with Crippen molar-refractivity contribution < 1.29 is 4.39 Å². The van der Waals surface area contributed by atoms with E-state index in [0.717, 1.165) is 25.7 Å². The topological polar surface area (TPSA) is 15.8 Å². The summed E-state index contributed by atoms with van der Waals surface area (Å²) >= 11 is 0. The van der Waals surface area contributed by atoms with E-state index in [-0.39, 0.29) is 6.67 Å². The van der Waals surface area contributed by atoms with Gasteiger partial charge in [-0.25, -0.2) is 0 Å². The number of benzene rings is 1. The van der Waals surface area contributed by atoms with Gasteiger partial charge in [0.05, 0.1) is 6.67 Å². The van der Waals surface area contributed by atoms with E-state index in [1.54, 1.807) is 0 Å². The summed E-state index contributed by atoms with van der Waals surface area (Å²) in [6, 6.07) is 8.45. The molecule has 2 heteroatoms. The number of alkyl halides is 1. The molecular weight excluding hydrogens is 213 g/mol. The molecule has 1 aliphatic carbocycles. The Morgan fingerprint density at radius 3 is 2.65 bits per heavy atom. The second-order valence-electron chi connectivity index (χ2n) is 5.16. The van der Waals surface area contributed by atoms with Crippen molar-refractivity contribution in [3.63, 3.8) is 0 Å². The molecule has 1 saturated carbocycles. The zero-order valence-corrected chi connectivity index (χ0v) is 9.95. The average molecular weight is 231 g/mol. The fourth-order valence-electron chi connectivity index (χ4n) is 3.06. The van der Waals surface area contributed by atoms with E-state index in [0.29, 0.717) is 11.8 Å². The Labute approximate surface area is 101 Å². The number of para-hydroxylation sites is 1. The Bertz CT molecular complexity index is 494. The molecule has 0 unspecified atom stereocenters. The van der Waals surface area contributed by atoms with Crippen molar-refractivity contribution in [3.8, 4) is 0 Å². The second-order valence-corrected chi connectivity index (χ2v) is 5.16. The largest absolute Gasteiger partial charge is 0.361 e. The molecule has 0 spiro atoms. The van der Waals surface area contributed by atoms with Gasteiger partial charge in [-0.05, 0) is 49.1 Å². The molecule has 1 nitrogen and oxygen atoms in total. The zero-order valence-electron chi connectivity index (χ0n) is 9.95. The number of aromatic amines is 1. The highest BCUT2D eigenvalue weighted by molar-refractivity contribution is 5.83. The molecule has 2 aromatic rings. The van der Waals surface area contributed by atoms with Gasteiger partial charge in [-0.2, -0.15) is 0 Å². The molecule has 0 radical (unpaired) electrons.